The first-order valence-corrected chi connectivity index (χ1v) is 7.05. The van der Waals surface area contributed by atoms with Gasteiger partial charge >= 0.3 is 0 Å². The molecule has 0 amide bonds. The number of hydrogen-bond donors (Lipinski definition) is 1. The molecule has 2 heteroatoms. The van der Waals surface area contributed by atoms with E-state index in [9.17, 15) is 0 Å². The first-order chi connectivity index (χ1) is 7.56. The minimum Gasteiger partial charge on any atom is -0.313 e. The van der Waals surface area contributed by atoms with E-state index in [0.29, 0.717) is 12.1 Å². The molecular weight excluding hydrogens is 196 g/mol. The van der Waals surface area contributed by atoms with Gasteiger partial charge in [-0.05, 0) is 45.6 Å². The standard InChI is InChI=1S/C14H30N2/c1-6-12(4)15-10-13(5)16-9-7-8-14(16)11(2)3/h11-15H,6-10H2,1-5H3. The Kier molecular flexibility index (Phi) is 5.77. The van der Waals surface area contributed by atoms with Crippen LogP contribution in [0.3, 0.4) is 0 Å². The Hall–Kier alpha value is -0.0800. The van der Waals surface area contributed by atoms with E-state index < -0.39 is 0 Å². The zero-order valence-electron chi connectivity index (χ0n) is 11.8. The maximum atomic E-state index is 3.63. The van der Waals surface area contributed by atoms with Crippen LogP contribution in [-0.4, -0.2) is 36.1 Å². The number of hydrogen-bond acceptors (Lipinski definition) is 2. The van der Waals surface area contributed by atoms with Gasteiger partial charge in [0.05, 0.1) is 0 Å². The van der Waals surface area contributed by atoms with Crippen molar-refractivity contribution in [2.24, 2.45) is 5.92 Å². The Morgan fingerprint density at radius 1 is 1.25 bits per heavy atom. The van der Waals surface area contributed by atoms with E-state index in [2.05, 4.69) is 44.8 Å². The van der Waals surface area contributed by atoms with Gasteiger partial charge in [0.25, 0.3) is 0 Å². The van der Waals surface area contributed by atoms with Gasteiger partial charge in [0.15, 0.2) is 0 Å². The molecule has 1 heterocycles. The van der Waals surface area contributed by atoms with Crippen molar-refractivity contribution >= 4 is 0 Å². The molecule has 1 aliphatic rings. The third kappa shape index (κ3) is 3.74. The zero-order chi connectivity index (χ0) is 12.1. The van der Waals surface area contributed by atoms with Gasteiger partial charge in [-0.25, -0.2) is 0 Å². The molecule has 3 unspecified atom stereocenters. The fraction of sp³-hybridized carbons (Fsp3) is 1.00. The van der Waals surface area contributed by atoms with Gasteiger partial charge in [0.1, 0.15) is 0 Å². The Balaban J connectivity index is 2.37. The van der Waals surface area contributed by atoms with Crippen molar-refractivity contribution in [1.82, 2.24) is 10.2 Å². The number of likely N-dealkylation sites (tertiary alicyclic amines) is 1. The molecule has 0 radical (unpaired) electrons. The summed E-state index contributed by atoms with van der Waals surface area (Å²) >= 11 is 0. The molecule has 0 bridgehead atoms. The summed E-state index contributed by atoms with van der Waals surface area (Å²) in [5, 5.41) is 3.63. The van der Waals surface area contributed by atoms with E-state index in [1.54, 1.807) is 0 Å². The molecule has 2 nitrogen and oxygen atoms in total. The number of nitrogens with one attached hydrogen (secondary N) is 1. The van der Waals surface area contributed by atoms with Crippen LogP contribution >= 0.6 is 0 Å². The van der Waals surface area contributed by atoms with Crippen molar-refractivity contribution < 1.29 is 0 Å². The molecule has 0 aromatic carbocycles. The van der Waals surface area contributed by atoms with Crippen molar-refractivity contribution in [3.05, 3.63) is 0 Å². The molecule has 0 spiro atoms. The first kappa shape index (κ1) is 14.0. The van der Waals surface area contributed by atoms with Crippen LogP contribution in [0.4, 0.5) is 0 Å². The average molecular weight is 226 g/mol. The molecule has 1 saturated heterocycles. The summed E-state index contributed by atoms with van der Waals surface area (Å²) in [6.45, 7) is 14.0. The molecule has 0 aromatic heterocycles. The summed E-state index contributed by atoms with van der Waals surface area (Å²) < 4.78 is 0. The summed E-state index contributed by atoms with van der Waals surface area (Å²) in [6.07, 6.45) is 4.00. The van der Waals surface area contributed by atoms with E-state index in [0.717, 1.165) is 18.5 Å². The predicted molar refractivity (Wildman–Crippen MR) is 71.8 cm³/mol. The maximum absolute atomic E-state index is 3.63. The SMILES string of the molecule is CCC(C)NCC(C)N1CCCC1C(C)C. The van der Waals surface area contributed by atoms with Crippen molar-refractivity contribution in [3.63, 3.8) is 0 Å². The second-order valence-corrected chi connectivity index (χ2v) is 5.76. The maximum Gasteiger partial charge on any atom is 0.0195 e. The first-order valence-electron chi connectivity index (χ1n) is 7.05. The van der Waals surface area contributed by atoms with Gasteiger partial charge in [-0.1, -0.05) is 20.8 Å². The predicted octanol–water partition coefficient (Wildman–Crippen LogP) is 2.88. The fourth-order valence-electron chi connectivity index (χ4n) is 2.71. The van der Waals surface area contributed by atoms with Gasteiger partial charge in [-0.15, -0.1) is 0 Å². The molecule has 1 fully saturated rings. The summed E-state index contributed by atoms with van der Waals surface area (Å²) in [5.74, 6) is 0.800. The van der Waals surface area contributed by atoms with Crippen LogP contribution in [0.15, 0.2) is 0 Å². The van der Waals surface area contributed by atoms with Crippen LogP contribution in [0.25, 0.3) is 0 Å². The topological polar surface area (TPSA) is 15.3 Å². The third-order valence-electron chi connectivity index (χ3n) is 4.05. The van der Waals surface area contributed by atoms with E-state index in [1.807, 2.05) is 0 Å². The largest absolute Gasteiger partial charge is 0.313 e. The smallest absolute Gasteiger partial charge is 0.0195 e. The molecular formula is C14H30N2. The lowest BCUT2D eigenvalue weighted by Crippen LogP contribution is -2.46. The van der Waals surface area contributed by atoms with Crippen molar-refractivity contribution in [1.29, 1.82) is 0 Å². The summed E-state index contributed by atoms with van der Waals surface area (Å²) in [5.41, 5.74) is 0. The van der Waals surface area contributed by atoms with Gasteiger partial charge < -0.3 is 5.32 Å². The summed E-state index contributed by atoms with van der Waals surface area (Å²) in [7, 11) is 0. The normalized spacial score (nSPS) is 26.2. The molecule has 0 saturated carbocycles. The lowest BCUT2D eigenvalue weighted by Gasteiger charge is -2.33. The Morgan fingerprint density at radius 3 is 2.50 bits per heavy atom. The lowest BCUT2D eigenvalue weighted by atomic mass is 10.0. The molecule has 0 aromatic rings. The molecule has 1 N–H and O–H groups in total. The quantitative estimate of drug-likeness (QED) is 0.749. The van der Waals surface area contributed by atoms with Gasteiger partial charge in [-0.2, -0.15) is 0 Å². The summed E-state index contributed by atoms with van der Waals surface area (Å²) in [4.78, 5) is 2.71. The lowest BCUT2D eigenvalue weighted by molar-refractivity contribution is 0.151. The molecule has 3 atom stereocenters. The van der Waals surface area contributed by atoms with Crippen molar-refractivity contribution in [2.75, 3.05) is 13.1 Å². The van der Waals surface area contributed by atoms with Crippen LogP contribution in [0.1, 0.15) is 53.9 Å². The van der Waals surface area contributed by atoms with Crippen molar-refractivity contribution in [2.45, 2.75) is 72.0 Å². The highest BCUT2D eigenvalue weighted by molar-refractivity contribution is 4.86. The van der Waals surface area contributed by atoms with Crippen LogP contribution < -0.4 is 5.32 Å². The van der Waals surface area contributed by atoms with Crippen LogP contribution in [0.5, 0.6) is 0 Å². The molecule has 0 aliphatic carbocycles. The van der Waals surface area contributed by atoms with E-state index >= 15 is 0 Å². The Labute approximate surface area is 102 Å². The minimum atomic E-state index is 0.655. The highest BCUT2D eigenvalue weighted by Crippen LogP contribution is 2.25. The molecule has 1 aliphatic heterocycles. The molecule has 1 rings (SSSR count). The van der Waals surface area contributed by atoms with Crippen LogP contribution in [-0.2, 0) is 0 Å². The fourth-order valence-corrected chi connectivity index (χ4v) is 2.71. The monoisotopic (exact) mass is 226 g/mol. The van der Waals surface area contributed by atoms with Gasteiger partial charge in [-0.3, -0.25) is 4.90 Å². The van der Waals surface area contributed by atoms with Crippen molar-refractivity contribution in [3.8, 4) is 0 Å². The van der Waals surface area contributed by atoms with E-state index in [4.69, 9.17) is 0 Å². The minimum absolute atomic E-state index is 0.655. The van der Waals surface area contributed by atoms with E-state index in [-0.39, 0.29) is 0 Å². The highest BCUT2D eigenvalue weighted by atomic mass is 15.2. The van der Waals surface area contributed by atoms with E-state index in [1.165, 1.54) is 25.8 Å². The second-order valence-electron chi connectivity index (χ2n) is 5.76. The highest BCUT2D eigenvalue weighted by Gasteiger charge is 2.30. The summed E-state index contributed by atoms with van der Waals surface area (Å²) in [6, 6.07) is 2.15. The number of nitrogens with zero attached hydrogens (tertiary/aromatic N) is 1. The number of rotatable bonds is 6. The molecule has 16 heavy (non-hydrogen) atoms. The molecule has 96 valence electrons. The Bertz CT molecular complexity index is 191. The third-order valence-corrected chi connectivity index (χ3v) is 4.05. The second kappa shape index (κ2) is 6.61. The van der Waals surface area contributed by atoms with Crippen LogP contribution in [0, 0.1) is 5.92 Å². The average Bonchev–Trinajstić information content (AvgIpc) is 2.74. The van der Waals surface area contributed by atoms with Gasteiger partial charge in [0.2, 0.25) is 0 Å². The Morgan fingerprint density at radius 2 is 1.94 bits per heavy atom. The van der Waals surface area contributed by atoms with Crippen LogP contribution in [0.2, 0.25) is 0 Å². The zero-order valence-corrected chi connectivity index (χ0v) is 11.8. The van der Waals surface area contributed by atoms with Gasteiger partial charge in [0, 0.05) is 24.7 Å².